The van der Waals surface area contributed by atoms with Gasteiger partial charge in [-0.05, 0) is 63.0 Å². The quantitative estimate of drug-likeness (QED) is 0.561. The molecule has 0 saturated heterocycles. The summed E-state index contributed by atoms with van der Waals surface area (Å²) >= 11 is 0. The van der Waals surface area contributed by atoms with Gasteiger partial charge in [0.15, 0.2) is 0 Å². The molecule has 4 rings (SSSR count). The lowest BCUT2D eigenvalue weighted by Crippen LogP contribution is -2.38. The molecule has 0 radical (unpaired) electrons. The number of allylic oxidation sites excluding steroid dienone is 1. The van der Waals surface area contributed by atoms with Crippen LogP contribution in [0.25, 0.3) is 0 Å². The van der Waals surface area contributed by atoms with Gasteiger partial charge in [-0.3, -0.25) is 4.99 Å². The standard InChI is InChI=1S/C18H23NO/c1-2-8-16-13(5-1)11-14-6-3-9-17(16)18(14)19-12-15-7-4-10-20-15/h4,7,10,12,14,17-18H,1-3,5-6,8-9,11H2/t14?,17-,18+/m1/s1. The summed E-state index contributed by atoms with van der Waals surface area (Å²) in [6.07, 6.45) is 14.7. The molecule has 2 bridgehead atoms. The van der Waals surface area contributed by atoms with Crippen molar-refractivity contribution in [2.24, 2.45) is 16.8 Å². The van der Waals surface area contributed by atoms with Crippen LogP contribution in [0, 0.1) is 11.8 Å². The van der Waals surface area contributed by atoms with Crippen LogP contribution in [0.1, 0.15) is 57.1 Å². The molecule has 106 valence electrons. The first-order chi connectivity index (χ1) is 9.92. The Labute approximate surface area is 121 Å². The van der Waals surface area contributed by atoms with Gasteiger partial charge in [0, 0.05) is 5.92 Å². The van der Waals surface area contributed by atoms with Crippen molar-refractivity contribution < 1.29 is 4.42 Å². The lowest BCUT2D eigenvalue weighted by Gasteiger charge is -2.44. The Morgan fingerprint density at radius 2 is 2.10 bits per heavy atom. The summed E-state index contributed by atoms with van der Waals surface area (Å²) in [4.78, 5) is 4.95. The van der Waals surface area contributed by atoms with Crippen molar-refractivity contribution in [3.8, 4) is 0 Å². The van der Waals surface area contributed by atoms with Crippen molar-refractivity contribution >= 4 is 6.21 Å². The highest BCUT2D eigenvalue weighted by molar-refractivity contribution is 5.75. The fourth-order valence-corrected chi connectivity index (χ4v) is 4.61. The van der Waals surface area contributed by atoms with Crippen molar-refractivity contribution in [2.75, 3.05) is 0 Å². The lowest BCUT2D eigenvalue weighted by molar-refractivity contribution is 0.215. The fourth-order valence-electron chi connectivity index (χ4n) is 4.61. The van der Waals surface area contributed by atoms with Crippen LogP contribution in [0.2, 0.25) is 0 Å². The highest BCUT2D eigenvalue weighted by Gasteiger charge is 2.40. The molecule has 1 aromatic rings. The minimum absolute atomic E-state index is 0.519. The predicted molar refractivity (Wildman–Crippen MR) is 81.0 cm³/mol. The molecule has 2 heteroatoms. The van der Waals surface area contributed by atoms with Crippen LogP contribution >= 0.6 is 0 Å². The van der Waals surface area contributed by atoms with E-state index in [-0.39, 0.29) is 0 Å². The van der Waals surface area contributed by atoms with Crippen molar-refractivity contribution in [1.29, 1.82) is 0 Å². The molecule has 0 spiro atoms. The highest BCUT2D eigenvalue weighted by Crippen LogP contribution is 2.49. The number of hydrogen-bond acceptors (Lipinski definition) is 2. The van der Waals surface area contributed by atoms with E-state index in [2.05, 4.69) is 0 Å². The Kier molecular flexibility index (Phi) is 3.25. The summed E-state index contributed by atoms with van der Waals surface area (Å²) in [5.41, 5.74) is 3.61. The zero-order valence-electron chi connectivity index (χ0n) is 12.1. The number of aliphatic imine (C=N–C) groups is 1. The molecule has 20 heavy (non-hydrogen) atoms. The lowest BCUT2D eigenvalue weighted by atomic mass is 9.63. The third-order valence-corrected chi connectivity index (χ3v) is 5.49. The molecule has 3 aliphatic rings. The third kappa shape index (κ3) is 2.15. The van der Waals surface area contributed by atoms with Gasteiger partial charge in [-0.25, -0.2) is 0 Å². The second kappa shape index (κ2) is 5.23. The third-order valence-electron chi connectivity index (χ3n) is 5.49. The van der Waals surface area contributed by atoms with E-state index in [1.807, 2.05) is 23.9 Å². The number of furan rings is 1. The molecule has 1 fully saturated rings. The Bertz CT molecular complexity index is 526. The van der Waals surface area contributed by atoms with Gasteiger partial charge in [0.25, 0.3) is 0 Å². The van der Waals surface area contributed by atoms with E-state index >= 15 is 0 Å². The van der Waals surface area contributed by atoms with E-state index in [1.165, 1.54) is 51.4 Å². The topological polar surface area (TPSA) is 25.5 Å². The molecule has 2 nitrogen and oxygen atoms in total. The van der Waals surface area contributed by atoms with Crippen molar-refractivity contribution in [3.05, 3.63) is 35.3 Å². The van der Waals surface area contributed by atoms with Crippen LogP contribution in [0.15, 0.2) is 39.0 Å². The minimum Gasteiger partial charge on any atom is -0.463 e. The first kappa shape index (κ1) is 12.4. The molecule has 0 N–H and O–H groups in total. The first-order valence-corrected chi connectivity index (χ1v) is 8.19. The minimum atomic E-state index is 0.519. The Hall–Kier alpha value is -1.31. The zero-order valence-corrected chi connectivity index (χ0v) is 12.1. The van der Waals surface area contributed by atoms with Crippen molar-refractivity contribution in [2.45, 2.75) is 57.4 Å². The largest absolute Gasteiger partial charge is 0.463 e. The van der Waals surface area contributed by atoms with E-state index < -0.39 is 0 Å². The smallest absolute Gasteiger partial charge is 0.144 e. The molecular formula is C18H23NO. The van der Waals surface area contributed by atoms with Crippen LogP contribution in [-0.4, -0.2) is 12.3 Å². The molecule has 1 aromatic heterocycles. The molecule has 1 saturated carbocycles. The van der Waals surface area contributed by atoms with Gasteiger partial charge in [0.2, 0.25) is 0 Å². The van der Waals surface area contributed by atoms with Crippen LogP contribution < -0.4 is 0 Å². The second-order valence-electron chi connectivity index (χ2n) is 6.62. The maximum absolute atomic E-state index is 5.39. The van der Waals surface area contributed by atoms with Gasteiger partial charge in [-0.15, -0.1) is 0 Å². The van der Waals surface area contributed by atoms with Gasteiger partial charge >= 0.3 is 0 Å². The van der Waals surface area contributed by atoms with Gasteiger partial charge in [-0.2, -0.15) is 0 Å². The van der Waals surface area contributed by atoms with Crippen LogP contribution in [0.4, 0.5) is 0 Å². The van der Waals surface area contributed by atoms with E-state index in [9.17, 15) is 0 Å². The Morgan fingerprint density at radius 3 is 3.00 bits per heavy atom. The summed E-state index contributed by atoms with van der Waals surface area (Å²) in [5, 5.41) is 0. The summed E-state index contributed by atoms with van der Waals surface area (Å²) < 4.78 is 5.39. The average Bonchev–Trinajstić information content (AvgIpc) is 2.98. The molecule has 3 atom stereocenters. The predicted octanol–water partition coefficient (Wildman–Crippen LogP) is 4.76. The Balaban J connectivity index is 1.62. The van der Waals surface area contributed by atoms with Crippen LogP contribution in [0.3, 0.4) is 0 Å². The summed E-state index contributed by atoms with van der Waals surface area (Å²) in [7, 11) is 0. The molecule has 0 amide bonds. The summed E-state index contributed by atoms with van der Waals surface area (Å²) in [5.74, 6) is 2.42. The second-order valence-corrected chi connectivity index (χ2v) is 6.62. The molecule has 1 heterocycles. The number of fused-ring (bicyclic) bond motifs is 3. The number of nitrogens with zero attached hydrogens (tertiary/aromatic N) is 1. The molecule has 0 aliphatic heterocycles. The molecule has 3 aliphatic carbocycles. The van der Waals surface area contributed by atoms with Gasteiger partial charge in [0.1, 0.15) is 5.76 Å². The van der Waals surface area contributed by atoms with E-state index in [0.29, 0.717) is 6.04 Å². The average molecular weight is 269 g/mol. The van der Waals surface area contributed by atoms with E-state index in [4.69, 9.17) is 9.41 Å². The molecule has 0 aromatic carbocycles. The van der Waals surface area contributed by atoms with Crippen LogP contribution in [0.5, 0.6) is 0 Å². The van der Waals surface area contributed by atoms with Gasteiger partial charge in [0.05, 0.1) is 18.5 Å². The summed E-state index contributed by atoms with van der Waals surface area (Å²) in [6, 6.07) is 4.45. The van der Waals surface area contributed by atoms with Gasteiger partial charge in [-0.1, -0.05) is 17.6 Å². The number of rotatable bonds is 2. The molecular weight excluding hydrogens is 246 g/mol. The maximum atomic E-state index is 5.39. The maximum Gasteiger partial charge on any atom is 0.144 e. The first-order valence-electron chi connectivity index (χ1n) is 8.19. The SMILES string of the molecule is C(=N[C@H]1C2CCC[C@@H]1C1=C(CCCC1)C2)c1ccco1. The Morgan fingerprint density at radius 1 is 1.15 bits per heavy atom. The normalized spacial score (nSPS) is 33.5. The van der Waals surface area contributed by atoms with Gasteiger partial charge < -0.3 is 4.42 Å². The summed E-state index contributed by atoms with van der Waals surface area (Å²) in [6.45, 7) is 0. The zero-order chi connectivity index (χ0) is 13.4. The molecule has 1 unspecified atom stereocenters. The monoisotopic (exact) mass is 269 g/mol. The fraction of sp³-hybridized carbons (Fsp3) is 0.611. The van der Waals surface area contributed by atoms with E-state index in [1.54, 1.807) is 11.8 Å². The van der Waals surface area contributed by atoms with E-state index in [0.717, 1.165) is 17.6 Å². The van der Waals surface area contributed by atoms with Crippen molar-refractivity contribution in [3.63, 3.8) is 0 Å². The van der Waals surface area contributed by atoms with Crippen LogP contribution in [-0.2, 0) is 0 Å². The highest BCUT2D eigenvalue weighted by atomic mass is 16.3. The number of hydrogen-bond donors (Lipinski definition) is 0. The van der Waals surface area contributed by atoms with Crippen molar-refractivity contribution in [1.82, 2.24) is 0 Å².